The molecule has 0 radical (unpaired) electrons. The van der Waals surface area contributed by atoms with E-state index in [1.54, 1.807) is 11.7 Å². The van der Waals surface area contributed by atoms with Crippen LogP contribution in [0, 0.1) is 11.7 Å². The second-order valence-corrected chi connectivity index (χ2v) is 8.67. The molecule has 2 aliphatic rings. The van der Waals surface area contributed by atoms with E-state index in [2.05, 4.69) is 10.4 Å². The number of aliphatic hydroxyl groups is 1. The van der Waals surface area contributed by atoms with E-state index in [-0.39, 0.29) is 30.6 Å². The van der Waals surface area contributed by atoms with E-state index in [9.17, 15) is 32.3 Å². The number of hydrogen-bond acceptors (Lipinski definition) is 4. The van der Waals surface area contributed by atoms with Crippen LogP contribution in [-0.4, -0.2) is 62.9 Å². The molecule has 4 rings (SSSR count). The first-order valence-corrected chi connectivity index (χ1v) is 10.9. The number of anilines is 1. The monoisotopic (exact) mass is 483 g/mol. The Balaban J connectivity index is 1.56. The van der Waals surface area contributed by atoms with Gasteiger partial charge in [-0.15, -0.1) is 0 Å². The van der Waals surface area contributed by atoms with Gasteiger partial charge in [-0.25, -0.2) is 9.18 Å². The number of fused-ring (bicyclic) bond motifs is 3. The zero-order chi connectivity index (χ0) is 24.8. The van der Waals surface area contributed by atoms with Crippen molar-refractivity contribution in [3.8, 4) is 0 Å². The molecular weight excluding hydrogens is 458 g/mol. The molecule has 1 aromatic heterocycles. The number of urea groups is 1. The summed E-state index contributed by atoms with van der Waals surface area (Å²) < 4.78 is 54.1. The molecule has 0 bridgehead atoms. The number of carbonyl (C=O) groups excluding carboxylic acids is 2. The van der Waals surface area contributed by atoms with Gasteiger partial charge in [0.15, 0.2) is 0 Å². The Bertz CT molecular complexity index is 1120. The summed E-state index contributed by atoms with van der Waals surface area (Å²) in [5, 5.41) is 17.3. The van der Waals surface area contributed by atoms with Gasteiger partial charge in [0.1, 0.15) is 11.5 Å². The predicted octanol–water partition coefficient (Wildman–Crippen LogP) is 3.10. The minimum absolute atomic E-state index is 0.0460. The molecule has 2 N–H and O–H groups in total. The number of alkyl halides is 3. The van der Waals surface area contributed by atoms with Gasteiger partial charge in [0.25, 0.3) is 5.91 Å². The molecule has 2 aliphatic heterocycles. The fourth-order valence-corrected chi connectivity index (χ4v) is 4.47. The van der Waals surface area contributed by atoms with Crippen LogP contribution in [0.1, 0.15) is 40.7 Å². The first kappa shape index (κ1) is 24.0. The molecule has 0 saturated heterocycles. The quantitative estimate of drug-likeness (QED) is 0.657. The lowest BCUT2D eigenvalue weighted by molar-refractivity contribution is -0.139. The van der Waals surface area contributed by atoms with Crippen molar-refractivity contribution in [3.63, 3.8) is 0 Å². The number of amides is 3. The maximum atomic E-state index is 13.5. The zero-order valence-electron chi connectivity index (χ0n) is 18.7. The van der Waals surface area contributed by atoms with Crippen molar-refractivity contribution in [1.82, 2.24) is 19.6 Å². The normalized spacial score (nSPS) is 19.4. The standard InChI is InChI=1S/C22H25F4N5O3/c1-3-18(32)12-9-29(2)20(33)19-14-11-30(7-6-17(14)28-31(19)10-12)21(34)27-13-4-5-16(23)15(8-13)22(24,25)26/h4-5,8,12,18,32H,3,6-7,9-11H2,1-2H3,(H,27,34)/t12?,18-/m0/s1. The molecule has 2 aromatic rings. The average molecular weight is 483 g/mol. The highest BCUT2D eigenvalue weighted by molar-refractivity contribution is 5.95. The number of rotatable bonds is 3. The average Bonchev–Trinajstić information content (AvgIpc) is 3.08. The summed E-state index contributed by atoms with van der Waals surface area (Å²) in [6, 6.07) is 1.59. The summed E-state index contributed by atoms with van der Waals surface area (Å²) in [4.78, 5) is 28.8. The van der Waals surface area contributed by atoms with Crippen LogP contribution >= 0.6 is 0 Å². The molecule has 8 nitrogen and oxygen atoms in total. The second-order valence-electron chi connectivity index (χ2n) is 8.67. The molecule has 3 amide bonds. The number of halogens is 4. The minimum Gasteiger partial charge on any atom is -0.393 e. The van der Waals surface area contributed by atoms with Crippen molar-refractivity contribution >= 4 is 17.6 Å². The van der Waals surface area contributed by atoms with Crippen LogP contribution in [0.15, 0.2) is 18.2 Å². The van der Waals surface area contributed by atoms with Crippen molar-refractivity contribution in [2.45, 2.75) is 45.1 Å². The summed E-state index contributed by atoms with van der Waals surface area (Å²) in [5.74, 6) is -1.89. The third-order valence-corrected chi connectivity index (χ3v) is 6.34. The number of carbonyl (C=O) groups is 2. The highest BCUT2D eigenvalue weighted by Crippen LogP contribution is 2.33. The van der Waals surface area contributed by atoms with Crippen LogP contribution < -0.4 is 5.32 Å². The number of nitrogens with one attached hydrogen (secondary N) is 1. The highest BCUT2D eigenvalue weighted by atomic mass is 19.4. The van der Waals surface area contributed by atoms with Crippen molar-refractivity contribution in [1.29, 1.82) is 0 Å². The third-order valence-electron chi connectivity index (χ3n) is 6.34. The maximum Gasteiger partial charge on any atom is 0.419 e. The Morgan fingerprint density at radius 2 is 2.06 bits per heavy atom. The molecular formula is C22H25F4N5O3. The molecule has 34 heavy (non-hydrogen) atoms. The van der Waals surface area contributed by atoms with Crippen LogP contribution in [0.2, 0.25) is 0 Å². The van der Waals surface area contributed by atoms with Gasteiger partial charge < -0.3 is 20.2 Å². The molecule has 1 aromatic carbocycles. The van der Waals surface area contributed by atoms with E-state index in [0.29, 0.717) is 55.0 Å². The number of aliphatic hydroxyl groups excluding tert-OH is 1. The fraction of sp³-hybridized carbons (Fsp3) is 0.500. The maximum absolute atomic E-state index is 13.5. The molecule has 0 saturated carbocycles. The van der Waals surface area contributed by atoms with Crippen molar-refractivity contribution < 1.29 is 32.3 Å². The van der Waals surface area contributed by atoms with Crippen LogP contribution in [0.25, 0.3) is 0 Å². The van der Waals surface area contributed by atoms with Crippen molar-refractivity contribution in [2.75, 3.05) is 25.5 Å². The Morgan fingerprint density at radius 3 is 2.74 bits per heavy atom. The van der Waals surface area contributed by atoms with Gasteiger partial charge in [-0.2, -0.15) is 18.3 Å². The van der Waals surface area contributed by atoms with E-state index in [4.69, 9.17) is 0 Å². The summed E-state index contributed by atoms with van der Waals surface area (Å²) >= 11 is 0. The lowest BCUT2D eigenvalue weighted by Gasteiger charge is -2.28. The SMILES string of the molecule is CC[C@H](O)C1CN(C)C(=O)c2c3c(nn2C1)CCN(C(=O)Nc1ccc(F)c(C(F)(F)F)c1)C3. The molecule has 2 atom stereocenters. The van der Waals surface area contributed by atoms with E-state index < -0.39 is 29.7 Å². The Hall–Kier alpha value is -3.15. The number of benzene rings is 1. The van der Waals surface area contributed by atoms with Crippen LogP contribution in [0.3, 0.4) is 0 Å². The highest BCUT2D eigenvalue weighted by Gasteiger charge is 2.37. The molecule has 12 heteroatoms. The first-order valence-electron chi connectivity index (χ1n) is 10.9. The Morgan fingerprint density at radius 1 is 1.32 bits per heavy atom. The van der Waals surface area contributed by atoms with Crippen LogP contribution in [-0.2, 0) is 25.7 Å². The smallest absolute Gasteiger partial charge is 0.393 e. The van der Waals surface area contributed by atoms with Gasteiger partial charge in [-0.05, 0) is 24.6 Å². The number of nitrogens with zero attached hydrogens (tertiary/aromatic N) is 4. The lowest BCUT2D eigenvalue weighted by atomic mass is 10.0. The van der Waals surface area contributed by atoms with Crippen LogP contribution in [0.4, 0.5) is 28.0 Å². The van der Waals surface area contributed by atoms with E-state index in [0.717, 1.165) is 6.07 Å². The first-order chi connectivity index (χ1) is 16.0. The van der Waals surface area contributed by atoms with E-state index in [1.807, 2.05) is 6.92 Å². The third kappa shape index (κ3) is 4.46. The molecule has 3 heterocycles. The summed E-state index contributed by atoms with van der Waals surface area (Å²) in [6.45, 7) is 2.87. The number of aromatic nitrogens is 2. The van der Waals surface area contributed by atoms with Crippen molar-refractivity contribution in [3.05, 3.63) is 46.5 Å². The van der Waals surface area contributed by atoms with Gasteiger partial charge >= 0.3 is 12.2 Å². The van der Waals surface area contributed by atoms with Gasteiger partial charge in [-0.1, -0.05) is 6.92 Å². The summed E-state index contributed by atoms with van der Waals surface area (Å²) in [7, 11) is 1.65. The summed E-state index contributed by atoms with van der Waals surface area (Å²) in [5.41, 5.74) is -0.0494. The predicted molar refractivity (Wildman–Crippen MR) is 114 cm³/mol. The second kappa shape index (κ2) is 8.90. The van der Waals surface area contributed by atoms with Crippen LogP contribution in [0.5, 0.6) is 0 Å². The molecule has 1 unspecified atom stereocenters. The molecule has 0 spiro atoms. The fourth-order valence-electron chi connectivity index (χ4n) is 4.47. The number of hydrogen-bond donors (Lipinski definition) is 2. The largest absolute Gasteiger partial charge is 0.419 e. The topological polar surface area (TPSA) is 90.7 Å². The summed E-state index contributed by atoms with van der Waals surface area (Å²) in [6.07, 6.45) is -4.59. The minimum atomic E-state index is -4.89. The Kier molecular flexibility index (Phi) is 6.28. The zero-order valence-corrected chi connectivity index (χ0v) is 18.7. The van der Waals surface area contributed by atoms with Gasteiger partial charge in [0.2, 0.25) is 0 Å². The molecule has 0 fully saturated rings. The van der Waals surface area contributed by atoms with E-state index in [1.165, 1.54) is 9.80 Å². The molecule has 184 valence electrons. The Labute approximate surface area is 193 Å². The lowest BCUT2D eigenvalue weighted by Crippen LogP contribution is -2.40. The van der Waals surface area contributed by atoms with Crippen molar-refractivity contribution in [2.24, 2.45) is 5.92 Å². The van der Waals surface area contributed by atoms with Gasteiger partial charge in [0, 0.05) is 50.3 Å². The van der Waals surface area contributed by atoms with E-state index >= 15 is 0 Å². The van der Waals surface area contributed by atoms with Gasteiger partial charge in [-0.3, -0.25) is 9.48 Å². The van der Waals surface area contributed by atoms with Gasteiger partial charge in [0.05, 0.1) is 23.9 Å². The molecule has 0 aliphatic carbocycles.